The highest BCUT2D eigenvalue weighted by atomic mass is 16.6. The van der Waals surface area contributed by atoms with Crippen molar-refractivity contribution in [3.8, 4) is 0 Å². The van der Waals surface area contributed by atoms with Crippen LogP contribution in [0.25, 0.3) is 0 Å². The van der Waals surface area contributed by atoms with Gasteiger partial charge in [0.05, 0.1) is 23.1 Å². The van der Waals surface area contributed by atoms with Gasteiger partial charge in [-0.25, -0.2) is 4.98 Å². The van der Waals surface area contributed by atoms with E-state index in [9.17, 15) is 14.9 Å². The molecule has 2 heterocycles. The maximum Gasteiger partial charge on any atom is 0.288 e. The average Bonchev–Trinajstić information content (AvgIpc) is 2.92. The van der Waals surface area contributed by atoms with E-state index in [1.165, 1.54) is 6.07 Å². The van der Waals surface area contributed by atoms with E-state index in [1.54, 1.807) is 0 Å². The van der Waals surface area contributed by atoms with Gasteiger partial charge in [-0.2, -0.15) is 0 Å². The van der Waals surface area contributed by atoms with Crippen LogP contribution in [0.1, 0.15) is 23.7 Å². The van der Waals surface area contributed by atoms with Crippen molar-refractivity contribution in [1.82, 2.24) is 10.3 Å². The van der Waals surface area contributed by atoms with Crippen LogP contribution >= 0.6 is 0 Å². The third-order valence-electron chi connectivity index (χ3n) is 2.94. The van der Waals surface area contributed by atoms with Crippen LogP contribution in [0.2, 0.25) is 0 Å². The summed E-state index contributed by atoms with van der Waals surface area (Å²) in [6.45, 7) is 3.50. The Hall–Kier alpha value is -2.22. The highest BCUT2D eigenvalue weighted by Crippen LogP contribution is 2.19. The first-order valence-electron chi connectivity index (χ1n) is 6.38. The zero-order valence-corrected chi connectivity index (χ0v) is 11.1. The SMILES string of the molecule is CCNc1ncc([N+](=O)[O-])cc1C(=O)NC1CCOC1. The van der Waals surface area contributed by atoms with Crippen LogP contribution in [-0.2, 0) is 4.74 Å². The lowest BCUT2D eigenvalue weighted by Crippen LogP contribution is -2.35. The van der Waals surface area contributed by atoms with Gasteiger partial charge in [0.2, 0.25) is 0 Å². The van der Waals surface area contributed by atoms with Crippen LogP contribution in [0.3, 0.4) is 0 Å². The third kappa shape index (κ3) is 3.21. The molecule has 0 aliphatic carbocycles. The summed E-state index contributed by atoms with van der Waals surface area (Å²) in [6.07, 6.45) is 1.87. The van der Waals surface area contributed by atoms with E-state index in [4.69, 9.17) is 4.74 Å². The number of nitro groups is 1. The summed E-state index contributed by atoms with van der Waals surface area (Å²) < 4.78 is 5.18. The molecule has 1 fully saturated rings. The topological polar surface area (TPSA) is 106 Å². The molecular formula is C12H16N4O4. The predicted octanol–water partition coefficient (Wildman–Crippen LogP) is 0.940. The zero-order valence-electron chi connectivity index (χ0n) is 11.1. The summed E-state index contributed by atoms with van der Waals surface area (Å²) in [7, 11) is 0. The number of hydrogen-bond acceptors (Lipinski definition) is 6. The van der Waals surface area contributed by atoms with Crippen molar-refractivity contribution in [2.75, 3.05) is 25.1 Å². The van der Waals surface area contributed by atoms with Gasteiger partial charge in [0, 0.05) is 19.2 Å². The maximum atomic E-state index is 12.2. The minimum atomic E-state index is -0.571. The van der Waals surface area contributed by atoms with Crippen molar-refractivity contribution >= 4 is 17.4 Å². The molecule has 0 spiro atoms. The Morgan fingerprint density at radius 2 is 2.45 bits per heavy atom. The molecule has 1 saturated heterocycles. The van der Waals surface area contributed by atoms with Gasteiger partial charge in [-0.15, -0.1) is 0 Å². The number of pyridine rings is 1. The molecule has 0 bridgehead atoms. The van der Waals surface area contributed by atoms with Gasteiger partial charge in [0.1, 0.15) is 12.0 Å². The lowest BCUT2D eigenvalue weighted by Gasteiger charge is -2.13. The van der Waals surface area contributed by atoms with Crippen LogP contribution in [-0.4, -0.2) is 41.6 Å². The summed E-state index contributed by atoms with van der Waals surface area (Å²) in [5.41, 5.74) is -0.0348. The van der Waals surface area contributed by atoms with Crippen molar-refractivity contribution in [3.63, 3.8) is 0 Å². The van der Waals surface area contributed by atoms with Crippen LogP contribution in [0.4, 0.5) is 11.5 Å². The van der Waals surface area contributed by atoms with E-state index < -0.39 is 4.92 Å². The Morgan fingerprint density at radius 3 is 3.05 bits per heavy atom. The molecule has 1 amide bonds. The molecule has 1 unspecified atom stereocenters. The molecular weight excluding hydrogens is 264 g/mol. The van der Waals surface area contributed by atoms with Crippen LogP contribution < -0.4 is 10.6 Å². The molecule has 0 saturated carbocycles. The summed E-state index contributed by atoms with van der Waals surface area (Å²) in [4.78, 5) is 26.4. The minimum absolute atomic E-state index is 0.0590. The number of rotatable bonds is 5. The van der Waals surface area contributed by atoms with Crippen molar-refractivity contribution in [3.05, 3.63) is 27.9 Å². The number of nitrogens with one attached hydrogen (secondary N) is 2. The van der Waals surface area contributed by atoms with E-state index in [-0.39, 0.29) is 23.2 Å². The van der Waals surface area contributed by atoms with Gasteiger partial charge in [0.15, 0.2) is 0 Å². The van der Waals surface area contributed by atoms with Crippen molar-refractivity contribution in [2.45, 2.75) is 19.4 Å². The maximum absolute atomic E-state index is 12.2. The number of carbonyl (C=O) groups is 1. The summed E-state index contributed by atoms with van der Waals surface area (Å²) in [5.74, 6) is -0.0397. The highest BCUT2D eigenvalue weighted by Gasteiger charge is 2.22. The van der Waals surface area contributed by atoms with E-state index >= 15 is 0 Å². The molecule has 20 heavy (non-hydrogen) atoms. The Bertz CT molecular complexity index is 514. The van der Waals surface area contributed by atoms with Crippen LogP contribution in [0.5, 0.6) is 0 Å². The van der Waals surface area contributed by atoms with Gasteiger partial charge in [-0.3, -0.25) is 14.9 Å². The Kier molecular flexibility index (Phi) is 4.46. The fourth-order valence-electron chi connectivity index (χ4n) is 1.95. The number of aromatic nitrogens is 1. The molecule has 0 aromatic carbocycles. The lowest BCUT2D eigenvalue weighted by atomic mass is 10.2. The summed E-state index contributed by atoms with van der Waals surface area (Å²) >= 11 is 0. The van der Waals surface area contributed by atoms with Gasteiger partial charge in [-0.05, 0) is 13.3 Å². The van der Waals surface area contributed by atoms with Gasteiger partial charge < -0.3 is 15.4 Å². The Labute approximate surface area is 115 Å². The Morgan fingerprint density at radius 1 is 1.65 bits per heavy atom. The number of ether oxygens (including phenoxy) is 1. The molecule has 1 aliphatic rings. The molecule has 8 heteroatoms. The number of amides is 1. The van der Waals surface area contributed by atoms with Gasteiger partial charge >= 0.3 is 0 Å². The van der Waals surface area contributed by atoms with Crippen molar-refractivity contribution in [1.29, 1.82) is 0 Å². The van der Waals surface area contributed by atoms with E-state index in [0.29, 0.717) is 25.6 Å². The van der Waals surface area contributed by atoms with Crippen molar-refractivity contribution in [2.24, 2.45) is 0 Å². The first kappa shape index (κ1) is 14.2. The lowest BCUT2D eigenvalue weighted by molar-refractivity contribution is -0.385. The van der Waals surface area contributed by atoms with E-state index in [0.717, 1.165) is 12.6 Å². The van der Waals surface area contributed by atoms with Crippen molar-refractivity contribution < 1.29 is 14.5 Å². The molecule has 108 valence electrons. The monoisotopic (exact) mass is 280 g/mol. The van der Waals surface area contributed by atoms with Gasteiger partial charge in [-0.1, -0.05) is 0 Å². The third-order valence-corrected chi connectivity index (χ3v) is 2.94. The van der Waals surface area contributed by atoms with Crippen LogP contribution in [0.15, 0.2) is 12.3 Å². The quantitative estimate of drug-likeness (QED) is 0.614. The van der Waals surface area contributed by atoms with Crippen LogP contribution in [0, 0.1) is 10.1 Å². The number of carbonyl (C=O) groups excluding carboxylic acids is 1. The second-order valence-corrected chi connectivity index (χ2v) is 4.41. The summed E-state index contributed by atoms with van der Waals surface area (Å²) in [5, 5.41) is 16.5. The van der Waals surface area contributed by atoms with Gasteiger partial charge in [0.25, 0.3) is 11.6 Å². The van der Waals surface area contributed by atoms with E-state index in [2.05, 4.69) is 15.6 Å². The average molecular weight is 280 g/mol. The molecule has 1 aliphatic heterocycles. The number of anilines is 1. The fraction of sp³-hybridized carbons (Fsp3) is 0.500. The fourth-order valence-corrected chi connectivity index (χ4v) is 1.95. The molecule has 2 rings (SSSR count). The largest absolute Gasteiger partial charge is 0.379 e. The molecule has 1 aromatic rings. The molecule has 0 radical (unpaired) electrons. The molecule has 1 atom stereocenters. The standard InChI is InChI=1S/C12H16N4O4/c1-2-13-11-10(5-9(6-14-11)16(18)19)12(17)15-8-3-4-20-7-8/h5-6,8H,2-4,7H2,1H3,(H,13,14)(H,15,17). The minimum Gasteiger partial charge on any atom is -0.379 e. The highest BCUT2D eigenvalue weighted by molar-refractivity contribution is 5.99. The number of hydrogen-bond donors (Lipinski definition) is 2. The Balaban J connectivity index is 2.23. The molecule has 2 N–H and O–H groups in total. The first-order chi connectivity index (χ1) is 9.61. The smallest absolute Gasteiger partial charge is 0.288 e. The summed E-state index contributed by atoms with van der Waals surface area (Å²) in [6, 6.07) is 1.17. The normalized spacial score (nSPS) is 17.8. The zero-order chi connectivity index (χ0) is 14.5. The predicted molar refractivity (Wildman–Crippen MR) is 71.7 cm³/mol. The second kappa shape index (κ2) is 6.29. The molecule has 1 aromatic heterocycles. The first-order valence-corrected chi connectivity index (χ1v) is 6.38. The number of nitrogens with zero attached hydrogens (tertiary/aromatic N) is 2. The molecule has 8 nitrogen and oxygen atoms in total. The second-order valence-electron chi connectivity index (χ2n) is 4.41. The van der Waals surface area contributed by atoms with E-state index in [1.807, 2.05) is 6.92 Å².